The van der Waals surface area contributed by atoms with Gasteiger partial charge in [-0.2, -0.15) is 0 Å². The molecule has 0 N–H and O–H groups in total. The zero-order valence-electron chi connectivity index (χ0n) is 49.2. The second kappa shape index (κ2) is 20.6. The summed E-state index contributed by atoms with van der Waals surface area (Å²) in [4.78, 5) is 5.02. The molecule has 2 heterocycles. The van der Waals surface area contributed by atoms with Crippen LogP contribution >= 0.6 is 0 Å². The van der Waals surface area contributed by atoms with Crippen molar-refractivity contribution in [2.24, 2.45) is 0 Å². The molecule has 0 bridgehead atoms. The van der Waals surface area contributed by atoms with E-state index in [0.717, 1.165) is 67.2 Å². The fraction of sp³-hybridized carbons (Fsp3) is 0.210. The highest BCUT2D eigenvalue weighted by Gasteiger charge is 2.48. The van der Waals surface area contributed by atoms with Gasteiger partial charge in [-0.3, -0.25) is 0 Å². The van der Waals surface area contributed by atoms with Crippen LogP contribution in [0.1, 0.15) is 132 Å². The van der Waals surface area contributed by atoms with Crippen LogP contribution in [0, 0.1) is 27.7 Å². The summed E-state index contributed by atoms with van der Waals surface area (Å²) in [7, 11) is 0. The third kappa shape index (κ3) is 8.15. The molecule has 4 heteroatoms. The highest BCUT2D eigenvalue weighted by molar-refractivity contribution is 6.16. The van der Waals surface area contributed by atoms with E-state index in [0.29, 0.717) is 11.8 Å². The summed E-state index contributed by atoms with van der Waals surface area (Å²) in [5.41, 5.74) is 24.5. The summed E-state index contributed by atoms with van der Waals surface area (Å²) in [6.45, 7) is 8.92. The molecule has 3 aliphatic rings. The lowest BCUT2D eigenvalue weighted by atomic mass is 9.67. The minimum Gasteiger partial charge on any atom is -0.454 e. The van der Waals surface area contributed by atoms with Crippen LogP contribution in [0.4, 0.5) is 34.1 Å². The summed E-state index contributed by atoms with van der Waals surface area (Å²) in [6.07, 6.45) is 12.5. The Labute approximate surface area is 499 Å². The Morgan fingerprint density at radius 2 is 0.800 bits per heavy atom. The number of anilines is 6. The predicted octanol–water partition coefficient (Wildman–Crippen LogP) is 23.3. The van der Waals surface area contributed by atoms with E-state index >= 15 is 0 Å². The Morgan fingerprint density at radius 3 is 1.33 bits per heavy atom. The van der Waals surface area contributed by atoms with Gasteiger partial charge in [-0.15, -0.1) is 0 Å². The molecule has 0 spiro atoms. The molecule has 85 heavy (non-hydrogen) atoms. The van der Waals surface area contributed by atoms with Crippen LogP contribution in [0.2, 0.25) is 0 Å². The molecule has 3 aliphatic carbocycles. The molecule has 13 aromatic rings. The Kier molecular flexibility index (Phi) is 12.5. The number of hydrogen-bond acceptors (Lipinski definition) is 4. The van der Waals surface area contributed by atoms with Crippen molar-refractivity contribution in [1.29, 1.82) is 0 Å². The van der Waals surface area contributed by atoms with Gasteiger partial charge in [-0.05, 0) is 169 Å². The Bertz CT molecular complexity index is 4700. The lowest BCUT2D eigenvalue weighted by molar-refractivity contribution is 0.442. The Hall–Kier alpha value is -9.12. The van der Waals surface area contributed by atoms with Gasteiger partial charge >= 0.3 is 0 Å². The molecule has 2 saturated carbocycles. The number of para-hydroxylation sites is 4. The van der Waals surface area contributed by atoms with E-state index in [4.69, 9.17) is 8.83 Å². The van der Waals surface area contributed by atoms with E-state index in [-0.39, 0.29) is 0 Å². The predicted molar refractivity (Wildman–Crippen MR) is 356 cm³/mol. The van der Waals surface area contributed by atoms with Crippen LogP contribution in [-0.4, -0.2) is 0 Å². The first kappa shape index (κ1) is 51.5. The van der Waals surface area contributed by atoms with E-state index < -0.39 is 5.41 Å². The van der Waals surface area contributed by atoms with Crippen molar-refractivity contribution in [2.45, 2.75) is 109 Å². The van der Waals surface area contributed by atoms with Gasteiger partial charge in [0.25, 0.3) is 0 Å². The van der Waals surface area contributed by atoms with Crippen LogP contribution in [0.5, 0.6) is 0 Å². The lowest BCUT2D eigenvalue weighted by Gasteiger charge is -2.36. The van der Waals surface area contributed by atoms with Gasteiger partial charge in [0.2, 0.25) is 0 Å². The maximum atomic E-state index is 7.44. The highest BCUT2D eigenvalue weighted by Crippen LogP contribution is 2.62. The van der Waals surface area contributed by atoms with Gasteiger partial charge in [0.05, 0.1) is 22.5 Å². The van der Waals surface area contributed by atoms with Crippen molar-refractivity contribution in [3.8, 4) is 11.1 Å². The van der Waals surface area contributed by atoms with Crippen molar-refractivity contribution in [2.75, 3.05) is 9.80 Å². The van der Waals surface area contributed by atoms with Gasteiger partial charge in [0, 0.05) is 44.0 Å². The summed E-state index contributed by atoms with van der Waals surface area (Å²) >= 11 is 0. The van der Waals surface area contributed by atoms with E-state index in [1.54, 1.807) is 0 Å². The summed E-state index contributed by atoms with van der Waals surface area (Å²) in [6, 6.07) is 82.8. The van der Waals surface area contributed by atoms with Gasteiger partial charge in [-0.25, -0.2) is 0 Å². The van der Waals surface area contributed by atoms with Crippen LogP contribution in [0.3, 0.4) is 0 Å². The zero-order valence-corrected chi connectivity index (χ0v) is 49.2. The van der Waals surface area contributed by atoms with Crippen molar-refractivity contribution in [3.63, 3.8) is 0 Å². The molecular weight excluding hydrogens is 1030 g/mol. The largest absolute Gasteiger partial charge is 0.454 e. The summed E-state index contributed by atoms with van der Waals surface area (Å²) in [5, 5.41) is 7.04. The SMILES string of the molecule is Cc1ccc(N(c2ccc3c(c2)C(c2ccccc2)(c2ccccc2)c2cc(N(c4ccc(C)cc4C)c4cccc5c4oc4c(C6CCCCC6)cccc45)c4ccccc4c2-3)c2cccc3c2oc2c(C4CCCCC4)cccc23)c(C)c1. The van der Waals surface area contributed by atoms with Gasteiger partial charge in [0.1, 0.15) is 11.2 Å². The van der Waals surface area contributed by atoms with Crippen molar-refractivity contribution < 1.29 is 8.83 Å². The third-order valence-corrected chi connectivity index (χ3v) is 19.8. The monoisotopic (exact) mass is 1100 g/mol. The van der Waals surface area contributed by atoms with E-state index in [9.17, 15) is 0 Å². The topological polar surface area (TPSA) is 32.8 Å². The fourth-order valence-electron chi connectivity index (χ4n) is 16.0. The molecular formula is C81H70N2O2. The van der Waals surface area contributed by atoms with Crippen LogP contribution in [0.25, 0.3) is 65.8 Å². The molecule has 0 unspecified atom stereocenters. The highest BCUT2D eigenvalue weighted by atomic mass is 16.3. The van der Waals surface area contributed by atoms with E-state index in [2.05, 4.69) is 256 Å². The minimum atomic E-state index is -0.773. The average molecular weight is 1100 g/mol. The molecule has 2 aromatic heterocycles. The molecule has 0 aliphatic heterocycles. The molecule has 0 radical (unpaired) electrons. The first-order valence-corrected chi connectivity index (χ1v) is 31.3. The molecule has 0 amide bonds. The Morgan fingerprint density at radius 1 is 0.341 bits per heavy atom. The molecule has 416 valence electrons. The van der Waals surface area contributed by atoms with E-state index in [1.807, 2.05) is 0 Å². The van der Waals surface area contributed by atoms with E-state index in [1.165, 1.54) is 153 Å². The number of furan rings is 2. The summed E-state index contributed by atoms with van der Waals surface area (Å²) < 4.78 is 14.8. The molecule has 11 aromatic carbocycles. The second-order valence-electron chi connectivity index (χ2n) is 25.0. The average Bonchev–Trinajstić information content (AvgIpc) is 1.60. The first-order chi connectivity index (χ1) is 41.8. The fourth-order valence-corrected chi connectivity index (χ4v) is 16.0. The second-order valence-corrected chi connectivity index (χ2v) is 25.0. The quantitative estimate of drug-likeness (QED) is 0.137. The normalized spacial score (nSPS) is 15.3. The smallest absolute Gasteiger partial charge is 0.159 e. The Balaban J connectivity index is 0.976. The number of fused-ring (bicyclic) bond motifs is 11. The summed E-state index contributed by atoms with van der Waals surface area (Å²) in [5.74, 6) is 0.997. The first-order valence-electron chi connectivity index (χ1n) is 31.3. The van der Waals surface area contributed by atoms with Gasteiger partial charge in [-0.1, -0.05) is 226 Å². The molecule has 0 saturated heterocycles. The maximum Gasteiger partial charge on any atom is 0.159 e. The van der Waals surface area contributed by atoms with Gasteiger partial charge < -0.3 is 18.6 Å². The van der Waals surface area contributed by atoms with Crippen LogP contribution < -0.4 is 9.80 Å². The standard InChI is InChI=1S/C81H70N2O2/c1-51-41-45-71(53(3)47-51)82(73-39-21-37-66-64-35-19-33-60(77(64)84-79(66)73)55-23-9-5-10-24-55)59-43-44-68-69(49-59)81(57-27-13-7-14-28-57,58-29-15-8-16-30-58)70-50-75(62-31-17-18-32-63(62)76(68)70)83(72-46-42-52(2)48-54(72)4)74-40-22-38-67-65-36-20-34-61(78(65)85-80(67)74)56-25-11-6-12-26-56/h7-8,13-22,27-50,55-56H,5-6,9-12,23-26H2,1-4H3. The van der Waals surface area contributed by atoms with Crippen molar-refractivity contribution in [1.82, 2.24) is 0 Å². The minimum absolute atomic E-state index is 0.495. The van der Waals surface area contributed by atoms with Crippen molar-refractivity contribution in [3.05, 3.63) is 274 Å². The molecule has 4 nitrogen and oxygen atoms in total. The lowest BCUT2D eigenvalue weighted by Crippen LogP contribution is -2.29. The van der Waals surface area contributed by atoms with Crippen molar-refractivity contribution >= 4 is 88.8 Å². The van der Waals surface area contributed by atoms with Gasteiger partial charge in [0.15, 0.2) is 11.2 Å². The third-order valence-electron chi connectivity index (χ3n) is 19.8. The zero-order chi connectivity index (χ0) is 56.9. The maximum absolute atomic E-state index is 7.44. The molecule has 16 rings (SSSR count). The van der Waals surface area contributed by atoms with Crippen LogP contribution in [0.15, 0.2) is 227 Å². The number of nitrogens with zero attached hydrogens (tertiary/aromatic N) is 2. The number of aryl methyl sites for hydroxylation is 4. The molecule has 2 fully saturated rings. The number of benzene rings is 11. The number of rotatable bonds is 10. The number of hydrogen-bond donors (Lipinski definition) is 0. The molecule has 0 atom stereocenters. The van der Waals surface area contributed by atoms with Crippen LogP contribution in [-0.2, 0) is 5.41 Å².